The average Bonchev–Trinajstić information content (AvgIpc) is 2.73. The van der Waals surface area contributed by atoms with Crippen molar-refractivity contribution in [2.45, 2.75) is 12.6 Å². The highest BCUT2D eigenvalue weighted by Gasteiger charge is 2.30. The van der Waals surface area contributed by atoms with Crippen LogP contribution in [0.5, 0.6) is 0 Å². The van der Waals surface area contributed by atoms with Crippen molar-refractivity contribution in [1.82, 2.24) is 4.90 Å². The molecule has 0 amide bonds. The van der Waals surface area contributed by atoms with Crippen LogP contribution in [0.2, 0.25) is 0 Å². The second-order valence-corrected chi connectivity index (χ2v) is 6.28. The van der Waals surface area contributed by atoms with E-state index in [0.29, 0.717) is 19.6 Å². The van der Waals surface area contributed by atoms with Gasteiger partial charge in [0.05, 0.1) is 24.3 Å². The van der Waals surface area contributed by atoms with Gasteiger partial charge in [-0.1, -0.05) is 0 Å². The van der Waals surface area contributed by atoms with Crippen LogP contribution in [0.25, 0.3) is 0 Å². The summed E-state index contributed by atoms with van der Waals surface area (Å²) in [6.45, 7) is 1.52. The zero-order valence-electron chi connectivity index (χ0n) is 9.00. The van der Waals surface area contributed by atoms with Crippen molar-refractivity contribution in [2.75, 3.05) is 24.6 Å². The Kier molecular flexibility index (Phi) is 3.32. The van der Waals surface area contributed by atoms with Crippen LogP contribution in [0.3, 0.4) is 0 Å². The van der Waals surface area contributed by atoms with Crippen LogP contribution in [0.15, 0.2) is 22.8 Å². The summed E-state index contributed by atoms with van der Waals surface area (Å²) < 4.78 is 28.2. The molecule has 1 aromatic heterocycles. The average molecular weight is 244 g/mol. The molecule has 1 aromatic rings. The van der Waals surface area contributed by atoms with Gasteiger partial charge in [-0.05, 0) is 12.1 Å². The molecule has 0 saturated carbocycles. The van der Waals surface area contributed by atoms with E-state index in [2.05, 4.69) is 4.90 Å². The van der Waals surface area contributed by atoms with Crippen molar-refractivity contribution in [3.05, 3.63) is 24.2 Å². The lowest BCUT2D eigenvalue weighted by Gasteiger charge is -2.33. The number of nitrogens with two attached hydrogens (primary N) is 1. The number of nitrogens with zero attached hydrogens (tertiary/aromatic N) is 1. The summed E-state index contributed by atoms with van der Waals surface area (Å²) in [7, 11) is -2.91. The lowest BCUT2D eigenvalue weighted by Crippen LogP contribution is -2.51. The zero-order valence-corrected chi connectivity index (χ0v) is 9.82. The molecule has 90 valence electrons. The van der Waals surface area contributed by atoms with E-state index in [-0.39, 0.29) is 17.5 Å². The van der Waals surface area contributed by atoms with Crippen LogP contribution in [-0.4, -0.2) is 44.0 Å². The number of furan rings is 1. The van der Waals surface area contributed by atoms with Crippen LogP contribution < -0.4 is 5.73 Å². The van der Waals surface area contributed by atoms with Crippen molar-refractivity contribution < 1.29 is 12.8 Å². The smallest absolute Gasteiger partial charge is 0.153 e. The van der Waals surface area contributed by atoms with Crippen LogP contribution in [-0.2, 0) is 16.4 Å². The molecular weight excluding hydrogens is 228 g/mol. The first-order valence-electron chi connectivity index (χ1n) is 5.27. The summed E-state index contributed by atoms with van der Waals surface area (Å²) in [5.74, 6) is 1.21. The summed E-state index contributed by atoms with van der Waals surface area (Å²) >= 11 is 0. The van der Waals surface area contributed by atoms with Crippen LogP contribution in [0.4, 0.5) is 0 Å². The molecule has 1 fully saturated rings. The van der Waals surface area contributed by atoms with Crippen LogP contribution in [0, 0.1) is 0 Å². The van der Waals surface area contributed by atoms with Crippen molar-refractivity contribution in [3.63, 3.8) is 0 Å². The van der Waals surface area contributed by atoms with Gasteiger partial charge in [0.15, 0.2) is 9.84 Å². The van der Waals surface area contributed by atoms with E-state index in [9.17, 15) is 8.42 Å². The molecule has 0 bridgehead atoms. The summed E-state index contributed by atoms with van der Waals surface area (Å²) in [6, 6.07) is 3.62. The monoisotopic (exact) mass is 244 g/mol. The molecule has 1 aliphatic heterocycles. The maximum Gasteiger partial charge on any atom is 0.153 e. The predicted molar refractivity (Wildman–Crippen MR) is 60.6 cm³/mol. The van der Waals surface area contributed by atoms with Gasteiger partial charge in [-0.3, -0.25) is 4.90 Å². The largest absolute Gasteiger partial charge is 0.468 e. The van der Waals surface area contributed by atoms with Gasteiger partial charge in [-0.2, -0.15) is 0 Å². The first kappa shape index (κ1) is 11.6. The van der Waals surface area contributed by atoms with Crippen molar-refractivity contribution in [2.24, 2.45) is 5.73 Å². The normalized spacial score (nSPS) is 25.7. The van der Waals surface area contributed by atoms with Gasteiger partial charge >= 0.3 is 0 Å². The summed E-state index contributed by atoms with van der Waals surface area (Å²) in [6.07, 6.45) is 1.62. The fourth-order valence-electron chi connectivity index (χ4n) is 1.95. The molecule has 1 unspecified atom stereocenters. The molecule has 0 aromatic carbocycles. The molecule has 2 rings (SSSR count). The Morgan fingerprint density at radius 3 is 3.00 bits per heavy atom. The molecule has 2 heterocycles. The minimum absolute atomic E-state index is 0.0937. The third-order valence-electron chi connectivity index (χ3n) is 2.86. The molecule has 0 radical (unpaired) electrons. The highest BCUT2D eigenvalue weighted by Crippen LogP contribution is 2.15. The van der Waals surface area contributed by atoms with Gasteiger partial charge in [0.25, 0.3) is 0 Å². The van der Waals surface area contributed by atoms with Gasteiger partial charge in [0.1, 0.15) is 5.76 Å². The summed E-state index contributed by atoms with van der Waals surface area (Å²) in [4.78, 5) is 2.07. The third kappa shape index (κ3) is 2.63. The van der Waals surface area contributed by atoms with Gasteiger partial charge in [0.2, 0.25) is 0 Å². The SMILES string of the molecule is NCC1CS(=O)(=O)CCN1Cc1ccco1. The van der Waals surface area contributed by atoms with Gasteiger partial charge in [-0.15, -0.1) is 0 Å². The molecular formula is C10H16N2O3S. The van der Waals surface area contributed by atoms with Crippen LogP contribution in [0.1, 0.15) is 5.76 Å². The molecule has 2 N–H and O–H groups in total. The van der Waals surface area contributed by atoms with E-state index in [1.54, 1.807) is 6.26 Å². The molecule has 6 heteroatoms. The van der Waals surface area contributed by atoms with Gasteiger partial charge in [-0.25, -0.2) is 8.42 Å². The highest BCUT2D eigenvalue weighted by molar-refractivity contribution is 7.91. The Morgan fingerprint density at radius 1 is 1.56 bits per heavy atom. The fourth-order valence-corrected chi connectivity index (χ4v) is 3.56. The maximum atomic E-state index is 11.5. The van der Waals surface area contributed by atoms with E-state index < -0.39 is 9.84 Å². The molecule has 0 spiro atoms. The van der Waals surface area contributed by atoms with Crippen molar-refractivity contribution in [1.29, 1.82) is 0 Å². The number of hydrogen-bond donors (Lipinski definition) is 1. The topological polar surface area (TPSA) is 76.5 Å². The minimum atomic E-state index is -2.91. The first-order chi connectivity index (χ1) is 7.61. The molecule has 1 atom stereocenters. The van der Waals surface area contributed by atoms with Gasteiger partial charge < -0.3 is 10.2 Å². The molecule has 1 aliphatic rings. The standard InChI is InChI=1S/C10H16N2O3S/c11-6-9-8-16(13,14)5-3-12(9)7-10-2-1-4-15-10/h1-2,4,9H,3,5-8,11H2. The van der Waals surface area contributed by atoms with Crippen molar-refractivity contribution in [3.8, 4) is 0 Å². The number of sulfone groups is 1. The summed E-state index contributed by atoms with van der Waals surface area (Å²) in [5, 5.41) is 0. The lowest BCUT2D eigenvalue weighted by molar-refractivity contribution is 0.193. The molecule has 1 saturated heterocycles. The Hall–Kier alpha value is -0.850. The first-order valence-corrected chi connectivity index (χ1v) is 7.10. The Balaban J connectivity index is 2.05. The third-order valence-corrected chi connectivity index (χ3v) is 4.56. The molecule has 16 heavy (non-hydrogen) atoms. The number of rotatable bonds is 3. The Morgan fingerprint density at radius 2 is 2.38 bits per heavy atom. The maximum absolute atomic E-state index is 11.5. The van der Waals surface area contributed by atoms with E-state index in [1.165, 1.54) is 0 Å². The second kappa shape index (κ2) is 4.57. The van der Waals surface area contributed by atoms with E-state index in [1.807, 2.05) is 12.1 Å². The lowest BCUT2D eigenvalue weighted by atomic mass is 10.2. The van der Waals surface area contributed by atoms with E-state index in [4.69, 9.17) is 10.2 Å². The predicted octanol–water partition coefficient (Wildman–Crippen LogP) is -0.163. The second-order valence-electron chi connectivity index (χ2n) is 4.05. The fraction of sp³-hybridized carbons (Fsp3) is 0.600. The van der Waals surface area contributed by atoms with Gasteiger partial charge in [0, 0.05) is 19.1 Å². The minimum Gasteiger partial charge on any atom is -0.468 e. The Bertz CT molecular complexity index is 427. The molecule has 0 aliphatic carbocycles. The molecule has 5 nitrogen and oxygen atoms in total. The zero-order chi connectivity index (χ0) is 11.6. The Labute approximate surface area is 95.1 Å². The van der Waals surface area contributed by atoms with E-state index >= 15 is 0 Å². The number of hydrogen-bond acceptors (Lipinski definition) is 5. The highest BCUT2D eigenvalue weighted by atomic mass is 32.2. The van der Waals surface area contributed by atoms with Crippen LogP contribution >= 0.6 is 0 Å². The quantitative estimate of drug-likeness (QED) is 0.799. The summed E-state index contributed by atoms with van der Waals surface area (Å²) in [5.41, 5.74) is 5.61. The van der Waals surface area contributed by atoms with Crippen molar-refractivity contribution >= 4 is 9.84 Å². The van der Waals surface area contributed by atoms with E-state index in [0.717, 1.165) is 5.76 Å².